The number of carbonyl (C=O) groups excluding carboxylic acids is 1. The first-order valence-electron chi connectivity index (χ1n) is 6.36. The number of benzene rings is 1. The number of carbonyl (C=O) groups is 1. The molecule has 0 radical (unpaired) electrons. The molecule has 3 rings (SSSR count). The first-order valence-corrected chi connectivity index (χ1v) is 6.74. The largest absolute Gasteiger partial charge is 0.347 e. The molecule has 1 atom stereocenters. The summed E-state index contributed by atoms with van der Waals surface area (Å²) in [5.74, 6) is -3.68. The summed E-state index contributed by atoms with van der Waals surface area (Å²) in [4.78, 5) is 11.8. The van der Waals surface area contributed by atoms with E-state index in [4.69, 9.17) is 11.6 Å². The van der Waals surface area contributed by atoms with Gasteiger partial charge in [0.1, 0.15) is 0 Å². The molecule has 0 aromatic heterocycles. The Morgan fingerprint density at radius 3 is 2.37 bits per heavy atom. The number of halogens is 3. The maximum absolute atomic E-state index is 12.8. The average Bonchev–Trinajstić information content (AvgIpc) is 3.20. The van der Waals surface area contributed by atoms with Gasteiger partial charge in [0.05, 0.1) is 5.54 Å². The van der Waals surface area contributed by atoms with Crippen molar-refractivity contribution in [2.45, 2.75) is 37.1 Å². The third-order valence-corrected chi connectivity index (χ3v) is 4.16. The van der Waals surface area contributed by atoms with E-state index in [1.165, 1.54) is 0 Å². The van der Waals surface area contributed by atoms with Gasteiger partial charge in [-0.15, -0.1) is 0 Å². The molecular weight excluding hydrogens is 272 g/mol. The molecule has 0 spiro atoms. The van der Waals surface area contributed by atoms with Crippen LogP contribution in [0.15, 0.2) is 24.3 Å². The van der Waals surface area contributed by atoms with Gasteiger partial charge in [-0.25, -0.2) is 8.78 Å². The smallest absolute Gasteiger partial charge is 0.252 e. The van der Waals surface area contributed by atoms with Gasteiger partial charge in [-0.05, 0) is 30.5 Å². The van der Waals surface area contributed by atoms with Crippen LogP contribution in [0.3, 0.4) is 0 Å². The number of amides is 1. The Kier molecular flexibility index (Phi) is 2.82. The van der Waals surface area contributed by atoms with Gasteiger partial charge in [0.15, 0.2) is 0 Å². The monoisotopic (exact) mass is 285 g/mol. The van der Waals surface area contributed by atoms with E-state index in [2.05, 4.69) is 5.32 Å². The molecule has 0 aliphatic heterocycles. The molecule has 0 saturated heterocycles. The molecule has 0 bridgehead atoms. The van der Waals surface area contributed by atoms with Crippen LogP contribution in [0, 0.1) is 5.92 Å². The molecule has 19 heavy (non-hydrogen) atoms. The molecule has 2 nitrogen and oxygen atoms in total. The number of nitrogens with one attached hydrogen (secondary N) is 1. The van der Waals surface area contributed by atoms with Crippen LogP contribution in [0.25, 0.3) is 0 Å². The Bertz CT molecular complexity index is 511. The van der Waals surface area contributed by atoms with Gasteiger partial charge in [0.25, 0.3) is 5.92 Å². The summed E-state index contributed by atoms with van der Waals surface area (Å²) in [6.45, 7) is 0. The van der Waals surface area contributed by atoms with E-state index < -0.39 is 11.8 Å². The molecule has 0 heterocycles. The molecule has 1 aromatic carbocycles. The van der Waals surface area contributed by atoms with Crippen molar-refractivity contribution in [1.29, 1.82) is 0 Å². The Balaban J connectivity index is 1.63. The lowest BCUT2D eigenvalue weighted by Crippen LogP contribution is -2.35. The zero-order chi connectivity index (χ0) is 13.7. The van der Waals surface area contributed by atoms with Crippen LogP contribution in [0.4, 0.5) is 8.78 Å². The minimum absolute atomic E-state index is 0.0810. The van der Waals surface area contributed by atoms with Crippen molar-refractivity contribution < 1.29 is 13.6 Å². The zero-order valence-electron chi connectivity index (χ0n) is 10.3. The summed E-state index contributed by atoms with van der Waals surface area (Å²) >= 11 is 5.83. The van der Waals surface area contributed by atoms with Crippen LogP contribution in [0.5, 0.6) is 0 Å². The van der Waals surface area contributed by atoms with Crippen LogP contribution < -0.4 is 5.32 Å². The Labute approximate surface area is 115 Å². The fourth-order valence-corrected chi connectivity index (χ4v) is 2.54. The van der Waals surface area contributed by atoms with Gasteiger partial charge in [-0.1, -0.05) is 23.7 Å². The number of alkyl halides is 2. The molecule has 1 aromatic rings. The zero-order valence-corrected chi connectivity index (χ0v) is 11.0. The molecule has 1 amide bonds. The number of rotatable bonds is 4. The van der Waals surface area contributed by atoms with Gasteiger partial charge in [0, 0.05) is 23.8 Å². The molecule has 5 heteroatoms. The fraction of sp³-hybridized carbons (Fsp3) is 0.500. The summed E-state index contributed by atoms with van der Waals surface area (Å²) in [6.07, 6.45) is 1.46. The second-order valence-corrected chi connectivity index (χ2v) is 5.94. The maximum atomic E-state index is 12.8. The molecule has 0 unspecified atom stereocenters. The van der Waals surface area contributed by atoms with Gasteiger partial charge in [0.2, 0.25) is 5.91 Å². The summed E-state index contributed by atoms with van der Waals surface area (Å²) < 4.78 is 25.6. The third-order valence-electron chi connectivity index (χ3n) is 3.91. The summed E-state index contributed by atoms with van der Waals surface area (Å²) in [6, 6.07) is 7.30. The Morgan fingerprint density at radius 1 is 1.32 bits per heavy atom. The Hall–Kier alpha value is -1.16. The highest BCUT2D eigenvalue weighted by atomic mass is 35.5. The van der Waals surface area contributed by atoms with Crippen molar-refractivity contribution in [2.24, 2.45) is 5.92 Å². The minimum Gasteiger partial charge on any atom is -0.347 e. The third kappa shape index (κ3) is 2.59. The summed E-state index contributed by atoms with van der Waals surface area (Å²) in [5.41, 5.74) is 0.638. The van der Waals surface area contributed by atoms with Crippen molar-refractivity contribution >= 4 is 17.5 Å². The number of hydrogen-bond acceptors (Lipinski definition) is 1. The Morgan fingerprint density at radius 2 is 1.89 bits per heavy atom. The van der Waals surface area contributed by atoms with Crippen LogP contribution >= 0.6 is 11.6 Å². The van der Waals surface area contributed by atoms with E-state index in [0.717, 1.165) is 18.4 Å². The van der Waals surface area contributed by atoms with Crippen molar-refractivity contribution in [3.63, 3.8) is 0 Å². The van der Waals surface area contributed by atoms with Gasteiger partial charge in [-0.2, -0.15) is 0 Å². The average molecular weight is 286 g/mol. The van der Waals surface area contributed by atoms with Gasteiger partial charge >= 0.3 is 0 Å². The quantitative estimate of drug-likeness (QED) is 0.901. The van der Waals surface area contributed by atoms with Gasteiger partial charge in [-0.3, -0.25) is 4.79 Å². The van der Waals surface area contributed by atoms with E-state index >= 15 is 0 Å². The van der Waals surface area contributed by atoms with Crippen LogP contribution in [0.2, 0.25) is 5.02 Å². The highest BCUT2D eigenvalue weighted by molar-refractivity contribution is 6.30. The predicted octanol–water partition coefficient (Wildman–Crippen LogP) is 3.49. The van der Waals surface area contributed by atoms with Crippen molar-refractivity contribution in [3.8, 4) is 0 Å². The lowest BCUT2D eigenvalue weighted by atomic mass is 10.0. The van der Waals surface area contributed by atoms with E-state index in [9.17, 15) is 13.6 Å². The first-order chi connectivity index (χ1) is 8.91. The van der Waals surface area contributed by atoms with Crippen LogP contribution in [-0.4, -0.2) is 11.8 Å². The maximum Gasteiger partial charge on any atom is 0.252 e. The molecule has 2 aliphatic rings. The van der Waals surface area contributed by atoms with E-state index in [1.807, 2.05) is 12.1 Å². The molecule has 2 aliphatic carbocycles. The number of hydrogen-bond donors (Lipinski definition) is 1. The molecule has 2 fully saturated rings. The lowest BCUT2D eigenvalue weighted by molar-refractivity contribution is -0.123. The standard InChI is InChI=1S/C14H14ClF2NO/c15-11-3-1-9(2-4-11)13(5-6-13)18-12(19)7-10-8-14(10,16)17/h1-4,10H,5-8H2,(H,18,19)/t10-/m0/s1. The molecule has 102 valence electrons. The lowest BCUT2D eigenvalue weighted by Gasteiger charge is -2.18. The predicted molar refractivity (Wildman–Crippen MR) is 68.2 cm³/mol. The van der Waals surface area contributed by atoms with E-state index in [0.29, 0.717) is 5.02 Å². The topological polar surface area (TPSA) is 29.1 Å². The second kappa shape index (κ2) is 4.17. The van der Waals surface area contributed by atoms with Crippen molar-refractivity contribution in [2.75, 3.05) is 0 Å². The highest BCUT2D eigenvalue weighted by Gasteiger charge is 2.57. The van der Waals surface area contributed by atoms with Crippen LogP contribution in [-0.2, 0) is 10.3 Å². The van der Waals surface area contributed by atoms with Crippen LogP contribution in [0.1, 0.15) is 31.2 Å². The normalized spacial score (nSPS) is 25.7. The SMILES string of the molecule is O=C(C[C@H]1CC1(F)F)NC1(c2ccc(Cl)cc2)CC1. The molecule has 1 N–H and O–H groups in total. The van der Waals surface area contributed by atoms with E-state index in [1.54, 1.807) is 12.1 Å². The van der Waals surface area contributed by atoms with Crippen molar-refractivity contribution in [1.82, 2.24) is 5.32 Å². The second-order valence-electron chi connectivity index (χ2n) is 5.50. The summed E-state index contributed by atoms with van der Waals surface area (Å²) in [5, 5.41) is 3.54. The van der Waals surface area contributed by atoms with Gasteiger partial charge < -0.3 is 5.32 Å². The summed E-state index contributed by atoms with van der Waals surface area (Å²) in [7, 11) is 0. The molecular formula is C14H14ClF2NO. The highest BCUT2D eigenvalue weighted by Crippen LogP contribution is 2.51. The first kappa shape index (κ1) is 12.9. The molecule has 2 saturated carbocycles. The fourth-order valence-electron chi connectivity index (χ4n) is 2.41. The van der Waals surface area contributed by atoms with E-state index in [-0.39, 0.29) is 24.3 Å². The minimum atomic E-state index is -2.63. The van der Waals surface area contributed by atoms with Crippen molar-refractivity contribution in [3.05, 3.63) is 34.9 Å².